The van der Waals surface area contributed by atoms with Crippen molar-refractivity contribution in [1.29, 1.82) is 0 Å². The standard InChI is InChI=1S/C17H20BrFN4O2/c1-10(2)15-14(18)16(23-22-15)17(25)21-7-6-20-13(24)9-11-4-3-5-12(19)8-11/h3-5,8,10H,6-7,9H2,1-2H3,(H,20,24)(H,21,25)(H,22,23). The maximum Gasteiger partial charge on any atom is 0.273 e. The van der Waals surface area contributed by atoms with Crippen LogP contribution in [-0.4, -0.2) is 35.1 Å². The van der Waals surface area contributed by atoms with E-state index in [1.807, 2.05) is 13.8 Å². The van der Waals surface area contributed by atoms with Crippen molar-refractivity contribution in [2.24, 2.45) is 0 Å². The number of amides is 2. The molecule has 2 amide bonds. The molecule has 0 atom stereocenters. The summed E-state index contributed by atoms with van der Waals surface area (Å²) in [4.78, 5) is 23.9. The van der Waals surface area contributed by atoms with Gasteiger partial charge in [-0.3, -0.25) is 14.7 Å². The molecule has 0 radical (unpaired) electrons. The highest BCUT2D eigenvalue weighted by atomic mass is 79.9. The Labute approximate surface area is 153 Å². The normalized spacial score (nSPS) is 10.8. The molecule has 0 aliphatic carbocycles. The van der Waals surface area contributed by atoms with E-state index in [2.05, 4.69) is 36.8 Å². The zero-order valence-corrected chi connectivity index (χ0v) is 15.6. The van der Waals surface area contributed by atoms with E-state index in [1.165, 1.54) is 12.1 Å². The van der Waals surface area contributed by atoms with Crippen molar-refractivity contribution in [3.8, 4) is 0 Å². The quantitative estimate of drug-likeness (QED) is 0.612. The summed E-state index contributed by atoms with van der Waals surface area (Å²) in [6, 6.07) is 5.90. The van der Waals surface area contributed by atoms with Gasteiger partial charge in [-0.2, -0.15) is 5.10 Å². The van der Waals surface area contributed by atoms with E-state index in [4.69, 9.17) is 0 Å². The van der Waals surface area contributed by atoms with Crippen LogP contribution in [0.1, 0.15) is 41.5 Å². The van der Waals surface area contributed by atoms with Gasteiger partial charge in [0.1, 0.15) is 5.82 Å². The van der Waals surface area contributed by atoms with Gasteiger partial charge in [0.2, 0.25) is 5.91 Å². The Morgan fingerprint density at radius 1 is 1.28 bits per heavy atom. The van der Waals surface area contributed by atoms with Crippen LogP contribution in [0.3, 0.4) is 0 Å². The van der Waals surface area contributed by atoms with Gasteiger partial charge in [0.25, 0.3) is 5.91 Å². The van der Waals surface area contributed by atoms with E-state index >= 15 is 0 Å². The lowest BCUT2D eigenvalue weighted by Crippen LogP contribution is -2.35. The third-order valence-corrected chi connectivity index (χ3v) is 4.31. The van der Waals surface area contributed by atoms with Crippen LogP contribution in [-0.2, 0) is 11.2 Å². The van der Waals surface area contributed by atoms with Crippen molar-refractivity contribution in [3.63, 3.8) is 0 Å². The summed E-state index contributed by atoms with van der Waals surface area (Å²) < 4.78 is 13.7. The predicted molar refractivity (Wildman–Crippen MR) is 95.8 cm³/mol. The highest BCUT2D eigenvalue weighted by Crippen LogP contribution is 2.25. The summed E-state index contributed by atoms with van der Waals surface area (Å²) in [5, 5.41) is 12.2. The van der Waals surface area contributed by atoms with E-state index in [0.717, 1.165) is 5.69 Å². The van der Waals surface area contributed by atoms with Crippen LogP contribution in [0, 0.1) is 5.82 Å². The number of nitrogens with zero attached hydrogens (tertiary/aromatic N) is 1. The molecule has 0 bridgehead atoms. The predicted octanol–water partition coefficient (Wildman–Crippen LogP) is 2.52. The monoisotopic (exact) mass is 410 g/mol. The second-order valence-electron chi connectivity index (χ2n) is 5.87. The molecule has 0 saturated carbocycles. The number of rotatable bonds is 7. The lowest BCUT2D eigenvalue weighted by Gasteiger charge is -2.07. The van der Waals surface area contributed by atoms with Gasteiger partial charge in [0, 0.05) is 13.1 Å². The number of hydrogen-bond acceptors (Lipinski definition) is 3. The molecule has 1 aromatic heterocycles. The van der Waals surface area contributed by atoms with Gasteiger partial charge < -0.3 is 10.6 Å². The molecular weight excluding hydrogens is 391 g/mol. The zero-order valence-electron chi connectivity index (χ0n) is 14.0. The second-order valence-corrected chi connectivity index (χ2v) is 6.66. The maximum absolute atomic E-state index is 13.1. The molecule has 0 fully saturated rings. The number of carbonyl (C=O) groups excluding carboxylic acids is 2. The second kappa shape index (κ2) is 8.75. The van der Waals surface area contributed by atoms with Gasteiger partial charge in [0.15, 0.2) is 5.69 Å². The lowest BCUT2D eigenvalue weighted by atomic mass is 10.1. The van der Waals surface area contributed by atoms with Crippen LogP contribution in [0.5, 0.6) is 0 Å². The Morgan fingerprint density at radius 3 is 2.64 bits per heavy atom. The molecule has 1 aromatic carbocycles. The topological polar surface area (TPSA) is 86.9 Å². The molecule has 3 N–H and O–H groups in total. The van der Waals surface area contributed by atoms with Crippen molar-refractivity contribution in [3.05, 3.63) is 51.5 Å². The van der Waals surface area contributed by atoms with E-state index < -0.39 is 0 Å². The first-order chi connectivity index (χ1) is 11.9. The van der Waals surface area contributed by atoms with Gasteiger partial charge in [-0.1, -0.05) is 26.0 Å². The Bertz CT molecular complexity index is 761. The zero-order chi connectivity index (χ0) is 18.4. The van der Waals surface area contributed by atoms with Crippen LogP contribution in [0.25, 0.3) is 0 Å². The number of aromatic amines is 1. The molecule has 25 heavy (non-hydrogen) atoms. The molecular formula is C17H20BrFN4O2. The number of carbonyl (C=O) groups is 2. The van der Waals surface area contributed by atoms with Crippen LogP contribution >= 0.6 is 15.9 Å². The SMILES string of the molecule is CC(C)c1[nH]nc(C(=O)NCCNC(=O)Cc2cccc(F)c2)c1Br. The largest absolute Gasteiger partial charge is 0.354 e. The first-order valence-electron chi connectivity index (χ1n) is 7.91. The summed E-state index contributed by atoms with van der Waals surface area (Å²) in [7, 11) is 0. The van der Waals surface area contributed by atoms with Crippen LogP contribution in [0.2, 0.25) is 0 Å². The summed E-state index contributed by atoms with van der Waals surface area (Å²) >= 11 is 3.37. The third kappa shape index (κ3) is 5.38. The summed E-state index contributed by atoms with van der Waals surface area (Å²) in [5.41, 5.74) is 1.74. The molecule has 0 spiro atoms. The Balaban J connectivity index is 1.75. The van der Waals surface area contributed by atoms with Crippen molar-refractivity contribution in [2.45, 2.75) is 26.2 Å². The van der Waals surface area contributed by atoms with Crippen LogP contribution < -0.4 is 10.6 Å². The molecule has 0 aliphatic rings. The number of H-pyrrole nitrogens is 1. The molecule has 6 nitrogen and oxygen atoms in total. The first-order valence-corrected chi connectivity index (χ1v) is 8.71. The van der Waals surface area contributed by atoms with Crippen LogP contribution in [0.4, 0.5) is 4.39 Å². The average Bonchev–Trinajstić information content (AvgIpc) is 2.93. The fourth-order valence-electron chi connectivity index (χ4n) is 2.23. The fourth-order valence-corrected chi connectivity index (χ4v) is 3.05. The molecule has 134 valence electrons. The van der Waals surface area contributed by atoms with Crippen molar-refractivity contribution in [2.75, 3.05) is 13.1 Å². The number of nitrogens with one attached hydrogen (secondary N) is 3. The molecule has 1 heterocycles. The van der Waals surface area contributed by atoms with E-state index in [1.54, 1.807) is 12.1 Å². The fraction of sp³-hybridized carbons (Fsp3) is 0.353. The maximum atomic E-state index is 13.1. The minimum absolute atomic E-state index is 0.0916. The smallest absolute Gasteiger partial charge is 0.273 e. The first kappa shape index (κ1) is 19.1. The number of hydrogen-bond donors (Lipinski definition) is 3. The number of benzene rings is 1. The van der Waals surface area contributed by atoms with Gasteiger partial charge in [-0.25, -0.2) is 4.39 Å². The van der Waals surface area contributed by atoms with Crippen molar-refractivity contribution in [1.82, 2.24) is 20.8 Å². The Kier molecular flexibility index (Phi) is 6.69. The van der Waals surface area contributed by atoms with Crippen molar-refractivity contribution >= 4 is 27.7 Å². The minimum Gasteiger partial charge on any atom is -0.354 e. The minimum atomic E-state index is -0.372. The Morgan fingerprint density at radius 2 is 2.00 bits per heavy atom. The molecule has 2 rings (SSSR count). The van der Waals surface area contributed by atoms with Crippen molar-refractivity contribution < 1.29 is 14.0 Å². The highest BCUT2D eigenvalue weighted by Gasteiger charge is 2.18. The van der Waals surface area contributed by atoms with E-state index in [9.17, 15) is 14.0 Å². The lowest BCUT2D eigenvalue weighted by molar-refractivity contribution is -0.120. The molecule has 0 aliphatic heterocycles. The van der Waals surface area contributed by atoms with Gasteiger partial charge in [-0.15, -0.1) is 0 Å². The number of halogens is 2. The van der Waals surface area contributed by atoms with Gasteiger partial charge in [0.05, 0.1) is 16.6 Å². The summed E-state index contributed by atoms with van der Waals surface area (Å²) in [6.07, 6.45) is 0.0916. The summed E-state index contributed by atoms with van der Waals surface area (Å²) in [6.45, 7) is 4.53. The Hall–Kier alpha value is -2.22. The molecule has 8 heteroatoms. The van der Waals surface area contributed by atoms with Gasteiger partial charge >= 0.3 is 0 Å². The molecule has 2 aromatic rings. The average molecular weight is 411 g/mol. The third-order valence-electron chi connectivity index (χ3n) is 3.51. The van der Waals surface area contributed by atoms with E-state index in [0.29, 0.717) is 10.0 Å². The number of aromatic nitrogens is 2. The van der Waals surface area contributed by atoms with Gasteiger partial charge in [-0.05, 0) is 39.5 Å². The molecule has 0 unspecified atom stereocenters. The molecule has 0 saturated heterocycles. The van der Waals surface area contributed by atoms with E-state index in [-0.39, 0.29) is 48.8 Å². The van der Waals surface area contributed by atoms with Crippen LogP contribution in [0.15, 0.2) is 28.7 Å². The highest BCUT2D eigenvalue weighted by molar-refractivity contribution is 9.10. The summed E-state index contributed by atoms with van der Waals surface area (Å²) in [5.74, 6) is -0.717.